The number of phenols is 1. The molecule has 0 spiro atoms. The van der Waals surface area contributed by atoms with Gasteiger partial charge in [0.2, 0.25) is 0 Å². The topological polar surface area (TPSA) is 40.5 Å². The number of aromatic hydroxyl groups is 1. The van der Waals surface area contributed by atoms with Crippen LogP contribution in [0.2, 0.25) is 0 Å². The molecule has 0 bridgehead atoms. The number of halogens is 5. The number of hydrogen-bond donors (Lipinski definition) is 1. The Morgan fingerprint density at radius 3 is 2.38 bits per heavy atom. The van der Waals surface area contributed by atoms with E-state index in [9.17, 15) is 31.3 Å². The van der Waals surface area contributed by atoms with E-state index in [0.29, 0.717) is 24.5 Å². The molecule has 1 unspecified atom stereocenters. The van der Waals surface area contributed by atoms with Gasteiger partial charge in [0.05, 0.1) is 0 Å². The molecule has 2 aromatic carbocycles. The Morgan fingerprint density at radius 1 is 0.952 bits per heavy atom. The van der Waals surface area contributed by atoms with Crippen LogP contribution in [0.25, 0.3) is 11.1 Å². The zero-order chi connectivity index (χ0) is 30.8. The van der Waals surface area contributed by atoms with E-state index in [1.165, 1.54) is 27.8 Å². The molecule has 0 radical (unpaired) electrons. The van der Waals surface area contributed by atoms with Gasteiger partial charge in [-0.25, -0.2) is 0 Å². The summed E-state index contributed by atoms with van der Waals surface area (Å²) in [6.45, 7) is 5.23. The van der Waals surface area contributed by atoms with Crippen molar-refractivity contribution in [1.29, 1.82) is 0 Å². The first-order chi connectivity index (χ1) is 19.9. The minimum atomic E-state index is -5.56. The Hall–Kier alpha value is -2.52. The van der Waals surface area contributed by atoms with Gasteiger partial charge in [0, 0.05) is 27.9 Å². The van der Waals surface area contributed by atoms with Crippen LogP contribution in [-0.4, -0.2) is 52.2 Å². The molecule has 0 fully saturated rings. The summed E-state index contributed by atoms with van der Waals surface area (Å²) in [5.41, 5.74) is 6.46. The number of hydrogen-bond acceptors (Lipinski definition) is 3. The Kier molecular flexibility index (Phi) is 12.8. The Labute approximate surface area is 249 Å². The molecule has 42 heavy (non-hydrogen) atoms. The summed E-state index contributed by atoms with van der Waals surface area (Å²) in [6, 6.07) is 16.2. The fourth-order valence-electron chi connectivity index (χ4n) is 5.44. The quantitative estimate of drug-likeness (QED) is 0.152. The van der Waals surface area contributed by atoms with Crippen molar-refractivity contribution in [3.05, 3.63) is 76.7 Å². The molecular weight excluding hydrogens is 569 g/mol. The van der Waals surface area contributed by atoms with Gasteiger partial charge in [0.15, 0.2) is 0 Å². The number of unbranched alkanes of at least 4 members (excludes halogenated alkanes) is 2. The number of rotatable bonds is 16. The van der Waals surface area contributed by atoms with Crippen LogP contribution < -0.4 is 0 Å². The van der Waals surface area contributed by atoms with Crippen LogP contribution in [0, 0.1) is 0 Å². The molecule has 1 atom stereocenters. The van der Waals surface area contributed by atoms with Crippen LogP contribution in [0.1, 0.15) is 80.9 Å². The van der Waals surface area contributed by atoms with Crippen molar-refractivity contribution in [2.45, 2.75) is 82.7 Å². The van der Waals surface area contributed by atoms with Gasteiger partial charge >= 0.3 is 12.1 Å². The van der Waals surface area contributed by atoms with Gasteiger partial charge in [0.1, 0.15) is 5.75 Å². The van der Waals surface area contributed by atoms with E-state index in [-0.39, 0.29) is 11.3 Å². The van der Waals surface area contributed by atoms with Crippen LogP contribution in [0.3, 0.4) is 0 Å². The second-order valence-electron chi connectivity index (χ2n) is 11.1. The summed E-state index contributed by atoms with van der Waals surface area (Å²) in [6.07, 6.45) is 0.271. The highest BCUT2D eigenvalue weighted by Gasteiger charge is 2.56. The minimum Gasteiger partial charge on any atom is -0.508 e. The summed E-state index contributed by atoms with van der Waals surface area (Å²) in [5, 5.41) is 10.1. The number of aryl methyl sites for hydroxylation is 1. The summed E-state index contributed by atoms with van der Waals surface area (Å²) in [4.78, 5) is 2.39. The molecule has 9 heteroatoms. The highest BCUT2D eigenvalue weighted by molar-refractivity contribution is 7.88. The second kappa shape index (κ2) is 15.8. The van der Waals surface area contributed by atoms with E-state index in [4.69, 9.17) is 0 Å². The number of phenolic OH excluding ortho intramolecular Hbond substituents is 1. The Balaban J connectivity index is 1.41. The van der Waals surface area contributed by atoms with Gasteiger partial charge in [-0.1, -0.05) is 49.4 Å². The summed E-state index contributed by atoms with van der Waals surface area (Å²) < 4.78 is 75.3. The van der Waals surface area contributed by atoms with Gasteiger partial charge in [-0.3, -0.25) is 4.21 Å². The fraction of sp³-hybridized carbons (Fsp3) is 0.515. The second-order valence-corrected chi connectivity index (χ2v) is 12.8. The van der Waals surface area contributed by atoms with Gasteiger partial charge in [-0.05, 0) is 118 Å². The molecule has 0 saturated carbocycles. The lowest BCUT2D eigenvalue weighted by atomic mass is 9.89. The van der Waals surface area contributed by atoms with Crippen molar-refractivity contribution in [2.75, 3.05) is 25.9 Å². The molecule has 232 valence electrons. The lowest BCUT2D eigenvalue weighted by Gasteiger charge is -2.19. The third kappa shape index (κ3) is 10.0. The number of alkyl halides is 5. The summed E-state index contributed by atoms with van der Waals surface area (Å²) >= 11 is 0. The van der Waals surface area contributed by atoms with Crippen LogP contribution in [0.4, 0.5) is 22.0 Å². The fourth-order valence-corrected chi connectivity index (χ4v) is 6.49. The molecule has 2 aromatic rings. The van der Waals surface area contributed by atoms with E-state index in [1.807, 2.05) is 19.2 Å². The Morgan fingerprint density at radius 2 is 1.67 bits per heavy atom. The van der Waals surface area contributed by atoms with Crippen LogP contribution >= 0.6 is 0 Å². The number of fused-ring (bicyclic) bond motifs is 1. The first kappa shape index (κ1) is 34.0. The molecule has 1 N–H and O–H groups in total. The highest BCUT2D eigenvalue weighted by atomic mass is 32.2. The number of benzene rings is 2. The molecule has 3 nitrogen and oxygen atoms in total. The normalized spacial score (nSPS) is 15.0. The van der Waals surface area contributed by atoms with Crippen molar-refractivity contribution < 1.29 is 31.3 Å². The average molecular weight is 612 g/mol. The maximum absolute atomic E-state index is 13.0. The van der Waals surface area contributed by atoms with E-state index in [1.54, 1.807) is 6.07 Å². The lowest BCUT2D eigenvalue weighted by molar-refractivity contribution is -0.284. The Bertz CT molecular complexity index is 1230. The van der Waals surface area contributed by atoms with Gasteiger partial charge in [-0.15, -0.1) is 0 Å². The standard InChI is InChI=1S/C33H42F5NO2S/c1-25(12-10-20-32(34,35)33(36,37)38)42(41)23-11-22-39(2)21-8-4-7-16-31-29(26-13-5-3-6-14-26)17-9-15-27-24-28(40)18-19-30(27)31/h3,5-6,13-14,18-19,24,40H,1,4,7-12,15-17,20-23H2,2H3. The summed E-state index contributed by atoms with van der Waals surface area (Å²) in [5.74, 6) is -4.12. The molecule has 0 heterocycles. The molecule has 0 aliphatic heterocycles. The molecule has 0 saturated heterocycles. The molecule has 0 amide bonds. The first-order valence-corrected chi connectivity index (χ1v) is 16.0. The van der Waals surface area contributed by atoms with Gasteiger partial charge in [0.25, 0.3) is 0 Å². The monoisotopic (exact) mass is 611 g/mol. The minimum absolute atomic E-state index is 0.109. The van der Waals surface area contributed by atoms with Crippen molar-refractivity contribution in [2.24, 2.45) is 0 Å². The van der Waals surface area contributed by atoms with E-state index >= 15 is 0 Å². The maximum Gasteiger partial charge on any atom is 0.453 e. The SMILES string of the molecule is C=C(CCCC(F)(F)C(F)(F)F)S(=O)CCCN(C)CCCCCC1=C(c2ccccc2)CCCc2cc(O)ccc21. The number of allylic oxidation sites excluding steroid dienone is 3. The molecule has 1 aliphatic carbocycles. The molecular formula is C33H42F5NO2S. The molecule has 1 aliphatic rings. The van der Waals surface area contributed by atoms with Gasteiger partial charge < -0.3 is 10.0 Å². The van der Waals surface area contributed by atoms with Crippen LogP contribution in [0.5, 0.6) is 5.75 Å². The lowest BCUT2D eigenvalue weighted by Crippen LogP contribution is -2.36. The third-order valence-corrected chi connectivity index (χ3v) is 9.30. The first-order valence-electron chi connectivity index (χ1n) is 14.7. The van der Waals surface area contributed by atoms with Crippen molar-refractivity contribution >= 4 is 21.9 Å². The van der Waals surface area contributed by atoms with E-state index < -0.39 is 35.7 Å². The smallest absolute Gasteiger partial charge is 0.453 e. The molecule has 3 rings (SSSR count). The van der Waals surface area contributed by atoms with Crippen LogP contribution in [0.15, 0.2) is 60.0 Å². The summed E-state index contributed by atoms with van der Waals surface area (Å²) in [7, 11) is 0.550. The van der Waals surface area contributed by atoms with E-state index in [2.05, 4.69) is 41.8 Å². The number of nitrogens with zero attached hydrogens (tertiary/aromatic N) is 1. The zero-order valence-electron chi connectivity index (χ0n) is 24.3. The highest BCUT2D eigenvalue weighted by Crippen LogP contribution is 2.40. The van der Waals surface area contributed by atoms with Crippen molar-refractivity contribution in [1.82, 2.24) is 4.90 Å². The average Bonchev–Trinajstić information content (AvgIpc) is 3.11. The predicted molar refractivity (Wildman–Crippen MR) is 162 cm³/mol. The van der Waals surface area contributed by atoms with Gasteiger partial charge in [-0.2, -0.15) is 22.0 Å². The predicted octanol–water partition coefficient (Wildman–Crippen LogP) is 9.15. The van der Waals surface area contributed by atoms with Crippen LogP contribution in [-0.2, 0) is 17.2 Å². The van der Waals surface area contributed by atoms with Crippen molar-refractivity contribution in [3.63, 3.8) is 0 Å². The molecule has 0 aromatic heterocycles. The van der Waals surface area contributed by atoms with E-state index in [0.717, 1.165) is 51.5 Å². The largest absolute Gasteiger partial charge is 0.508 e. The van der Waals surface area contributed by atoms with Crippen molar-refractivity contribution in [3.8, 4) is 5.75 Å². The zero-order valence-corrected chi connectivity index (χ0v) is 25.1. The maximum atomic E-state index is 13.0. The third-order valence-electron chi connectivity index (χ3n) is 7.79.